The lowest BCUT2D eigenvalue weighted by Crippen LogP contribution is -2.34. The van der Waals surface area contributed by atoms with Crippen molar-refractivity contribution in [2.75, 3.05) is 4.90 Å². The number of amides is 2. The van der Waals surface area contributed by atoms with Crippen LogP contribution in [0.25, 0.3) is 0 Å². The van der Waals surface area contributed by atoms with Gasteiger partial charge >= 0.3 is 5.97 Å². The number of benzene rings is 1. The number of nitrogens with zero attached hydrogens (tertiary/aromatic N) is 1. The minimum Gasteiger partial charge on any atom is -0.478 e. The highest BCUT2D eigenvalue weighted by molar-refractivity contribution is 6.23. The Labute approximate surface area is 132 Å². The first-order valence-electron chi connectivity index (χ1n) is 7.94. The summed E-state index contributed by atoms with van der Waals surface area (Å²) in [6, 6.07) is 5.95. The zero-order valence-corrected chi connectivity index (χ0v) is 12.3. The third-order valence-corrected chi connectivity index (χ3v) is 6.23. The summed E-state index contributed by atoms with van der Waals surface area (Å²) in [7, 11) is 0. The standard InChI is InChI=1S/C18H15NO4/c20-15-13-11-5-6-12(18(11)7-8-18)14(13)16(21)19(15)10-3-1-9(2-4-10)17(22)23/h1-6,11-14H,7-8H2,(H,22,23)/t11-,12-,13-,14+/m0/s1. The number of carbonyl (C=O) groups is 3. The van der Waals surface area contributed by atoms with Crippen LogP contribution in [0, 0.1) is 29.1 Å². The summed E-state index contributed by atoms with van der Waals surface area (Å²) < 4.78 is 0. The monoisotopic (exact) mass is 309 g/mol. The van der Waals surface area contributed by atoms with E-state index >= 15 is 0 Å². The average molecular weight is 309 g/mol. The molecular formula is C18H15NO4. The Hall–Kier alpha value is -2.43. The Bertz CT molecular complexity index is 756. The molecule has 1 aromatic rings. The van der Waals surface area contributed by atoms with E-state index in [1.807, 2.05) is 0 Å². The quantitative estimate of drug-likeness (QED) is 0.670. The molecule has 1 N–H and O–H groups in total. The number of hydrogen-bond donors (Lipinski definition) is 1. The van der Waals surface area contributed by atoms with Gasteiger partial charge in [-0.3, -0.25) is 14.5 Å². The summed E-state index contributed by atoms with van der Waals surface area (Å²) in [5, 5.41) is 8.96. The summed E-state index contributed by atoms with van der Waals surface area (Å²) in [4.78, 5) is 38.0. The number of carboxylic acids is 1. The van der Waals surface area contributed by atoms with Crippen LogP contribution in [0.5, 0.6) is 0 Å². The predicted octanol–water partition coefficient (Wildman–Crippen LogP) is 2.09. The topological polar surface area (TPSA) is 74.7 Å². The first kappa shape index (κ1) is 13.0. The number of allylic oxidation sites excluding steroid dienone is 2. The van der Waals surface area contributed by atoms with E-state index in [9.17, 15) is 14.4 Å². The van der Waals surface area contributed by atoms with E-state index in [4.69, 9.17) is 5.11 Å². The van der Waals surface area contributed by atoms with Crippen molar-refractivity contribution in [2.24, 2.45) is 29.1 Å². The molecule has 4 aliphatic rings. The number of rotatable bonds is 2. The van der Waals surface area contributed by atoms with Crippen LogP contribution in [0.4, 0.5) is 5.69 Å². The van der Waals surface area contributed by atoms with E-state index in [1.54, 1.807) is 12.1 Å². The molecule has 1 heterocycles. The average Bonchev–Trinajstić information content (AvgIpc) is 3.13. The largest absolute Gasteiger partial charge is 0.478 e. The van der Waals surface area contributed by atoms with Crippen LogP contribution < -0.4 is 4.90 Å². The van der Waals surface area contributed by atoms with Crippen molar-refractivity contribution >= 4 is 23.5 Å². The van der Waals surface area contributed by atoms with Crippen LogP contribution in [0.3, 0.4) is 0 Å². The van der Waals surface area contributed by atoms with Gasteiger partial charge in [-0.05, 0) is 54.4 Å². The van der Waals surface area contributed by atoms with Crippen LogP contribution in [0.15, 0.2) is 36.4 Å². The van der Waals surface area contributed by atoms with E-state index in [-0.39, 0.29) is 46.5 Å². The second-order valence-electron chi connectivity index (χ2n) is 7.09. The SMILES string of the molecule is O=C(O)c1ccc(N2C(=O)[C@@H]3[C@H](C2=O)[C@@H]2C=C[C@@H]3C23CC3)cc1. The molecule has 1 saturated heterocycles. The van der Waals surface area contributed by atoms with Crippen molar-refractivity contribution in [1.82, 2.24) is 0 Å². The molecule has 0 aromatic heterocycles. The first-order chi connectivity index (χ1) is 11.0. The Kier molecular flexibility index (Phi) is 2.22. The zero-order chi connectivity index (χ0) is 15.9. The highest BCUT2D eigenvalue weighted by Crippen LogP contribution is 2.73. The van der Waals surface area contributed by atoms with Gasteiger partial charge in [0.25, 0.3) is 0 Å². The van der Waals surface area contributed by atoms with Crippen molar-refractivity contribution in [3.63, 3.8) is 0 Å². The molecule has 0 unspecified atom stereocenters. The van der Waals surface area contributed by atoms with Gasteiger partial charge in [-0.1, -0.05) is 12.2 Å². The molecule has 1 aromatic carbocycles. The normalized spacial score (nSPS) is 35.2. The summed E-state index contributed by atoms with van der Waals surface area (Å²) in [6.07, 6.45) is 6.52. The molecule has 5 heteroatoms. The van der Waals surface area contributed by atoms with Crippen LogP contribution in [0.1, 0.15) is 23.2 Å². The van der Waals surface area contributed by atoms with Crippen LogP contribution in [0.2, 0.25) is 0 Å². The smallest absolute Gasteiger partial charge is 0.335 e. The Morgan fingerprint density at radius 3 is 1.96 bits per heavy atom. The van der Waals surface area contributed by atoms with Gasteiger partial charge in [0.2, 0.25) is 11.8 Å². The molecule has 1 spiro atoms. The second kappa shape index (κ2) is 3.91. The van der Waals surface area contributed by atoms with E-state index in [2.05, 4.69) is 12.2 Å². The summed E-state index contributed by atoms with van der Waals surface area (Å²) >= 11 is 0. The van der Waals surface area contributed by atoms with Gasteiger partial charge in [0.15, 0.2) is 0 Å². The van der Waals surface area contributed by atoms with E-state index < -0.39 is 5.97 Å². The fourth-order valence-corrected chi connectivity index (χ4v) is 5.09. The van der Waals surface area contributed by atoms with E-state index in [0.717, 1.165) is 12.8 Å². The van der Waals surface area contributed by atoms with Crippen molar-refractivity contribution in [1.29, 1.82) is 0 Å². The fraction of sp³-hybridized carbons (Fsp3) is 0.389. The zero-order valence-electron chi connectivity index (χ0n) is 12.3. The molecular weight excluding hydrogens is 294 g/mol. The Morgan fingerprint density at radius 2 is 1.52 bits per heavy atom. The molecule has 5 nitrogen and oxygen atoms in total. The Morgan fingerprint density at radius 1 is 1.00 bits per heavy atom. The molecule has 3 fully saturated rings. The van der Waals surface area contributed by atoms with Crippen LogP contribution in [-0.2, 0) is 9.59 Å². The summed E-state index contributed by atoms with van der Waals surface area (Å²) in [6.45, 7) is 0. The molecule has 2 bridgehead atoms. The minimum absolute atomic E-state index is 0.119. The predicted molar refractivity (Wildman–Crippen MR) is 80.7 cm³/mol. The van der Waals surface area contributed by atoms with Gasteiger partial charge in [-0.25, -0.2) is 4.79 Å². The number of anilines is 1. The van der Waals surface area contributed by atoms with E-state index in [1.165, 1.54) is 17.0 Å². The third-order valence-electron chi connectivity index (χ3n) is 6.23. The number of hydrogen-bond acceptors (Lipinski definition) is 3. The van der Waals surface area contributed by atoms with Gasteiger partial charge in [-0.15, -0.1) is 0 Å². The molecule has 4 atom stereocenters. The molecule has 23 heavy (non-hydrogen) atoms. The summed E-state index contributed by atoms with van der Waals surface area (Å²) in [5.41, 5.74) is 0.815. The highest BCUT2D eigenvalue weighted by atomic mass is 16.4. The number of aromatic carboxylic acids is 1. The lowest BCUT2D eigenvalue weighted by atomic mass is 9.85. The van der Waals surface area contributed by atoms with Gasteiger partial charge in [0, 0.05) is 0 Å². The maximum Gasteiger partial charge on any atom is 0.335 e. The molecule has 0 radical (unpaired) electrons. The maximum atomic E-state index is 12.9. The summed E-state index contributed by atoms with van der Waals surface area (Å²) in [5.74, 6) is -1.30. The molecule has 1 aliphatic heterocycles. The number of carbonyl (C=O) groups excluding carboxylic acids is 2. The first-order valence-corrected chi connectivity index (χ1v) is 7.94. The highest BCUT2D eigenvalue weighted by Gasteiger charge is 2.73. The van der Waals surface area contributed by atoms with Crippen molar-refractivity contribution in [2.45, 2.75) is 12.8 Å². The number of fused-ring (bicyclic) bond motifs is 3. The van der Waals surface area contributed by atoms with Gasteiger partial charge in [-0.2, -0.15) is 0 Å². The fourth-order valence-electron chi connectivity index (χ4n) is 5.09. The third kappa shape index (κ3) is 1.41. The molecule has 5 rings (SSSR count). The van der Waals surface area contributed by atoms with E-state index in [0.29, 0.717) is 5.69 Å². The maximum absolute atomic E-state index is 12.9. The van der Waals surface area contributed by atoms with Crippen molar-refractivity contribution in [3.8, 4) is 0 Å². The van der Waals surface area contributed by atoms with Gasteiger partial charge < -0.3 is 5.11 Å². The minimum atomic E-state index is -1.02. The van der Waals surface area contributed by atoms with Gasteiger partial charge in [0.05, 0.1) is 23.1 Å². The molecule has 2 amide bonds. The van der Waals surface area contributed by atoms with Crippen molar-refractivity contribution in [3.05, 3.63) is 42.0 Å². The van der Waals surface area contributed by atoms with Gasteiger partial charge in [0.1, 0.15) is 0 Å². The number of imide groups is 1. The molecule has 3 aliphatic carbocycles. The molecule has 2 saturated carbocycles. The lowest BCUT2D eigenvalue weighted by Gasteiger charge is -2.21. The Balaban J connectivity index is 1.52. The second-order valence-corrected chi connectivity index (χ2v) is 7.09. The van der Waals surface area contributed by atoms with Crippen LogP contribution >= 0.6 is 0 Å². The van der Waals surface area contributed by atoms with Crippen LogP contribution in [-0.4, -0.2) is 22.9 Å². The number of carboxylic acid groups (broad SMARTS) is 1. The van der Waals surface area contributed by atoms with Crippen molar-refractivity contribution < 1.29 is 19.5 Å². The lowest BCUT2D eigenvalue weighted by molar-refractivity contribution is -0.123. The molecule has 116 valence electrons.